The number of alkyl halides is 3. The van der Waals surface area contributed by atoms with Crippen LogP contribution in [-0.4, -0.2) is 43.4 Å². The van der Waals surface area contributed by atoms with Crippen LogP contribution in [-0.2, 0) is 34.3 Å². The Morgan fingerprint density at radius 2 is 1.94 bits per heavy atom. The number of fused-ring (bicyclic) bond motifs is 2. The Kier molecular flexibility index (Phi) is 8.22. The highest BCUT2D eigenvalue weighted by Gasteiger charge is 2.48. The van der Waals surface area contributed by atoms with Crippen molar-refractivity contribution in [2.75, 3.05) is 19.6 Å². The summed E-state index contributed by atoms with van der Waals surface area (Å²) in [5.41, 5.74) is 1.53. The smallest absolute Gasteiger partial charge is 0.417 e. The monoisotopic (exact) mass is 523 g/mol. The molecule has 0 amide bonds. The maximum atomic E-state index is 12.6. The third-order valence-corrected chi connectivity index (χ3v) is 6.96. The summed E-state index contributed by atoms with van der Waals surface area (Å²) in [6, 6.07) is 12.6. The van der Waals surface area contributed by atoms with E-state index in [1.54, 1.807) is 12.3 Å². The first-order valence-electron chi connectivity index (χ1n) is 11.7. The number of unbranched alkanes of at least 4 members (excludes halogenated alkanes) is 1. The van der Waals surface area contributed by atoms with Crippen molar-refractivity contribution >= 4 is 21.0 Å². The molecule has 7 nitrogen and oxygen atoms in total. The minimum absolute atomic E-state index is 0.327. The number of hydroxylamine groups is 1. The summed E-state index contributed by atoms with van der Waals surface area (Å²) in [7, 11) is -5.68. The molecule has 0 saturated heterocycles. The minimum atomic E-state index is -5.68. The van der Waals surface area contributed by atoms with Crippen LogP contribution in [0, 0.1) is 0 Å². The first-order valence-corrected chi connectivity index (χ1v) is 13.1. The predicted molar refractivity (Wildman–Crippen MR) is 130 cm³/mol. The van der Waals surface area contributed by atoms with Gasteiger partial charge in [0.2, 0.25) is 0 Å². The van der Waals surface area contributed by atoms with Crippen LogP contribution in [0.2, 0.25) is 0 Å². The van der Waals surface area contributed by atoms with Crippen molar-refractivity contribution in [3.8, 4) is 5.75 Å². The molecule has 0 spiro atoms. The summed E-state index contributed by atoms with van der Waals surface area (Å²) in [4.78, 5) is 10.7. The molecule has 0 unspecified atom stereocenters. The number of allylic oxidation sites excluding steroid dienone is 1. The second kappa shape index (κ2) is 11.4. The second-order valence-corrected chi connectivity index (χ2v) is 10.2. The quantitative estimate of drug-likeness (QED) is 0.123. The van der Waals surface area contributed by atoms with Crippen molar-refractivity contribution < 1.29 is 30.6 Å². The van der Waals surface area contributed by atoms with Crippen LogP contribution < -0.4 is 9.66 Å². The Morgan fingerprint density at radius 3 is 2.78 bits per heavy atom. The van der Waals surface area contributed by atoms with Crippen LogP contribution in [0.15, 0.2) is 61.0 Å². The van der Waals surface area contributed by atoms with E-state index in [1.807, 2.05) is 18.3 Å². The Balaban J connectivity index is 1.13. The van der Waals surface area contributed by atoms with Crippen LogP contribution in [0.1, 0.15) is 29.5 Å². The number of aromatic nitrogens is 1. The molecule has 2 heterocycles. The molecule has 194 valence electrons. The van der Waals surface area contributed by atoms with Gasteiger partial charge in [0, 0.05) is 31.3 Å². The third kappa shape index (κ3) is 6.80. The van der Waals surface area contributed by atoms with Crippen molar-refractivity contribution in [2.24, 2.45) is 0 Å². The highest BCUT2D eigenvalue weighted by Crippen LogP contribution is 2.29. The zero-order valence-electron chi connectivity index (χ0n) is 19.6. The number of H-pyrrole nitrogens is 1. The number of rotatable bonds is 11. The molecule has 1 aliphatic rings. The van der Waals surface area contributed by atoms with Crippen LogP contribution >= 0.6 is 0 Å². The van der Waals surface area contributed by atoms with Gasteiger partial charge in [-0.05, 0) is 90.7 Å². The molecule has 2 N–H and O–H groups in total. The zero-order chi connectivity index (χ0) is 25.6. The largest absolute Gasteiger partial charge is 0.534 e. The highest BCUT2D eigenvalue weighted by atomic mass is 32.2. The van der Waals surface area contributed by atoms with Crippen LogP contribution in [0.4, 0.5) is 13.2 Å². The van der Waals surface area contributed by atoms with Crippen LogP contribution in [0.3, 0.4) is 0 Å². The van der Waals surface area contributed by atoms with Gasteiger partial charge in [0.15, 0.2) is 0 Å². The van der Waals surface area contributed by atoms with Crippen molar-refractivity contribution in [1.82, 2.24) is 15.4 Å². The normalized spacial score (nSPS) is 14.9. The lowest BCUT2D eigenvalue weighted by molar-refractivity contribution is -0.0500. The summed E-state index contributed by atoms with van der Waals surface area (Å²) in [6.45, 7) is 2.84. The molecular formula is C25H28F3N3O4S. The van der Waals surface area contributed by atoms with Gasteiger partial charge in [0.05, 0.1) is 0 Å². The fourth-order valence-electron chi connectivity index (χ4n) is 4.11. The SMILES string of the molecule is O=S(=O)(Oc1ccc2c(c1)CN(CCCCNO/C=C/Cc1ccc3[nH]ccc3c1)CC2)C(F)(F)F. The molecule has 3 aromatic rings. The number of hydrogen-bond acceptors (Lipinski definition) is 6. The molecule has 0 fully saturated rings. The Hall–Kier alpha value is -3.02. The molecule has 36 heavy (non-hydrogen) atoms. The standard InChI is InChI=1S/C25H28F3N3O4S/c26-25(27,28)36(32,33)35-23-7-6-20-10-14-31(18-22(20)17-23)13-2-1-11-30-34-15-3-4-19-5-8-24-21(16-19)9-12-29-24/h3,5-9,12,15-17,29-30H,1-2,4,10-11,13-14,18H2/b15-3+. The van der Waals surface area contributed by atoms with Crippen molar-refractivity contribution in [3.63, 3.8) is 0 Å². The van der Waals surface area contributed by atoms with Gasteiger partial charge in [0.1, 0.15) is 12.0 Å². The molecule has 2 aromatic carbocycles. The van der Waals surface area contributed by atoms with E-state index in [1.165, 1.54) is 23.1 Å². The molecule has 0 aliphatic carbocycles. The average Bonchev–Trinajstić information content (AvgIpc) is 3.30. The minimum Gasteiger partial charge on any atom is -0.417 e. The van der Waals surface area contributed by atoms with Crippen LogP contribution in [0.5, 0.6) is 5.75 Å². The van der Waals surface area contributed by atoms with Gasteiger partial charge in [0.25, 0.3) is 0 Å². The summed E-state index contributed by atoms with van der Waals surface area (Å²) in [5.74, 6) is -0.327. The van der Waals surface area contributed by atoms with Gasteiger partial charge >= 0.3 is 15.6 Å². The number of aromatic amines is 1. The summed E-state index contributed by atoms with van der Waals surface area (Å²) >= 11 is 0. The fourth-order valence-corrected chi connectivity index (χ4v) is 4.56. The molecular weight excluding hydrogens is 495 g/mol. The van der Waals surface area contributed by atoms with E-state index in [4.69, 9.17) is 4.84 Å². The molecule has 0 saturated carbocycles. The number of halogens is 3. The number of nitrogens with one attached hydrogen (secondary N) is 2. The van der Waals surface area contributed by atoms with Crippen molar-refractivity contribution in [3.05, 3.63) is 77.7 Å². The fraction of sp³-hybridized carbons (Fsp3) is 0.360. The van der Waals surface area contributed by atoms with E-state index < -0.39 is 15.6 Å². The maximum Gasteiger partial charge on any atom is 0.534 e. The van der Waals surface area contributed by atoms with Gasteiger partial charge in [-0.25, -0.2) is 0 Å². The molecule has 4 rings (SSSR count). The molecule has 0 bridgehead atoms. The van der Waals surface area contributed by atoms with Crippen LogP contribution in [0.25, 0.3) is 10.9 Å². The molecule has 0 radical (unpaired) electrons. The first kappa shape index (κ1) is 26.1. The van der Waals surface area contributed by atoms with Gasteiger partial charge in [-0.1, -0.05) is 12.1 Å². The van der Waals surface area contributed by atoms with Gasteiger partial charge in [-0.15, -0.1) is 0 Å². The Labute approximate surface area is 208 Å². The molecule has 1 aromatic heterocycles. The lowest BCUT2D eigenvalue weighted by atomic mass is 9.99. The summed E-state index contributed by atoms with van der Waals surface area (Å²) in [5, 5.41) is 1.18. The second-order valence-electron chi connectivity index (χ2n) is 8.63. The molecule has 11 heteroatoms. The number of benzene rings is 2. The van der Waals surface area contributed by atoms with E-state index in [9.17, 15) is 21.6 Å². The zero-order valence-corrected chi connectivity index (χ0v) is 20.4. The number of hydrogen-bond donors (Lipinski definition) is 2. The van der Waals surface area contributed by atoms with E-state index in [0.29, 0.717) is 13.1 Å². The van der Waals surface area contributed by atoms with Gasteiger partial charge in [-0.2, -0.15) is 27.1 Å². The lowest BCUT2D eigenvalue weighted by Crippen LogP contribution is -2.32. The molecule has 0 atom stereocenters. The topological polar surface area (TPSA) is 83.7 Å². The Morgan fingerprint density at radius 1 is 1.08 bits per heavy atom. The predicted octanol–water partition coefficient (Wildman–Crippen LogP) is 4.81. The number of nitrogens with zero attached hydrogens (tertiary/aromatic N) is 1. The first-order chi connectivity index (χ1) is 17.2. The third-order valence-electron chi connectivity index (χ3n) is 5.98. The van der Waals surface area contributed by atoms with Crippen molar-refractivity contribution in [1.29, 1.82) is 0 Å². The van der Waals surface area contributed by atoms with Crippen molar-refractivity contribution in [2.45, 2.75) is 37.7 Å². The summed E-state index contributed by atoms with van der Waals surface area (Å²) in [6.07, 6.45) is 8.81. The maximum absolute atomic E-state index is 12.6. The average molecular weight is 524 g/mol. The van der Waals surface area contributed by atoms with E-state index in [0.717, 1.165) is 55.4 Å². The van der Waals surface area contributed by atoms with Gasteiger partial charge in [-0.3, -0.25) is 4.90 Å². The Bertz CT molecular complexity index is 1310. The van der Waals surface area contributed by atoms with Gasteiger partial charge < -0.3 is 14.0 Å². The highest BCUT2D eigenvalue weighted by molar-refractivity contribution is 7.88. The van der Waals surface area contributed by atoms with E-state index >= 15 is 0 Å². The lowest BCUT2D eigenvalue weighted by Gasteiger charge is -2.29. The summed E-state index contributed by atoms with van der Waals surface area (Å²) < 4.78 is 64.5. The van der Waals surface area contributed by atoms with E-state index in [2.05, 4.69) is 37.7 Å². The molecule has 1 aliphatic heterocycles. The van der Waals surface area contributed by atoms with E-state index in [-0.39, 0.29) is 5.75 Å².